The van der Waals surface area contributed by atoms with E-state index in [-0.39, 0.29) is 0 Å². The summed E-state index contributed by atoms with van der Waals surface area (Å²) in [4.78, 5) is 0. The molecule has 0 nitrogen and oxygen atoms in total. The van der Waals surface area contributed by atoms with Gasteiger partial charge in [0.25, 0.3) is 0 Å². The van der Waals surface area contributed by atoms with Crippen LogP contribution in [0.3, 0.4) is 0 Å². The SMILES string of the molecule is CC(C)[Si](C#Cc1ccc(C#Cc2ccc(C#Cc3ccccc3C#Cc3cccc(C#Cc4ccc(C#C[Si](C(C)C)(C(C)C)C(C)C)cc4)c3)cc2)cc1)(C(C)C)C(C)C. The topological polar surface area (TPSA) is 0 Å². The molecule has 5 aromatic rings. The van der Waals surface area contributed by atoms with Gasteiger partial charge in [0.05, 0.1) is 0 Å². The fourth-order valence-corrected chi connectivity index (χ4v) is 19.5. The molecule has 0 aliphatic rings. The van der Waals surface area contributed by atoms with E-state index < -0.39 is 16.1 Å². The molecule has 0 amide bonds. The summed E-state index contributed by atoms with van der Waals surface area (Å²) in [5, 5.41) is 0. The standard InChI is InChI=1S/C60H62Si2/c1-45(2)61(46(3)4,47(5)6)42-40-55-30-26-52(27-31-55)21-20-51-22-24-54(25-23-51)36-38-59-18-13-14-19-60(59)39-37-58-17-15-16-57(44-58)35-34-53-28-32-56(33-29-53)41-43-62(48(7)8,49(9)10)50(11)12/h13-19,22-33,44-50H,1-12H3. The summed E-state index contributed by atoms with van der Waals surface area (Å²) < 4.78 is 0. The maximum absolute atomic E-state index is 3.82. The molecule has 0 aliphatic carbocycles. The van der Waals surface area contributed by atoms with Crippen molar-refractivity contribution in [2.45, 2.75) is 116 Å². The molecule has 5 rings (SSSR count). The molecule has 310 valence electrons. The molecule has 0 spiro atoms. The molecule has 0 saturated heterocycles. The molecule has 0 fully saturated rings. The van der Waals surface area contributed by atoms with Crippen LogP contribution in [0.2, 0.25) is 33.2 Å². The van der Waals surface area contributed by atoms with Crippen LogP contribution in [-0.2, 0) is 0 Å². The fraction of sp³-hybridized carbons (Fsp3) is 0.300. The highest BCUT2D eigenvalue weighted by Crippen LogP contribution is 2.42. The van der Waals surface area contributed by atoms with Gasteiger partial charge in [-0.25, -0.2) is 0 Å². The third-order valence-electron chi connectivity index (χ3n) is 12.4. The molecule has 0 unspecified atom stereocenters. The Balaban J connectivity index is 1.24. The van der Waals surface area contributed by atoms with Gasteiger partial charge in [0.15, 0.2) is 0 Å². The lowest BCUT2D eigenvalue weighted by Gasteiger charge is -2.38. The fourth-order valence-electron chi connectivity index (χ4n) is 9.08. The van der Waals surface area contributed by atoms with Crippen molar-refractivity contribution in [3.8, 4) is 70.3 Å². The molecular weight excluding hydrogens is 777 g/mol. The van der Waals surface area contributed by atoms with Crippen LogP contribution in [0, 0.1) is 70.3 Å². The lowest BCUT2D eigenvalue weighted by molar-refractivity contribution is 0.838. The number of benzene rings is 5. The predicted octanol–water partition coefficient (Wildman–Crippen LogP) is 14.4. The van der Waals surface area contributed by atoms with Crippen molar-refractivity contribution in [3.05, 3.63) is 177 Å². The quantitative estimate of drug-likeness (QED) is 0.118. The molecule has 0 aromatic heterocycles. The van der Waals surface area contributed by atoms with Crippen molar-refractivity contribution in [2.24, 2.45) is 0 Å². The Bertz CT molecular complexity index is 2660. The number of hydrogen-bond donors (Lipinski definition) is 0. The van der Waals surface area contributed by atoms with Crippen LogP contribution in [0.4, 0.5) is 0 Å². The first kappa shape index (κ1) is 47.0. The number of hydrogen-bond acceptors (Lipinski definition) is 0. The zero-order chi connectivity index (χ0) is 44.9. The molecule has 0 bridgehead atoms. The van der Waals surface area contributed by atoms with Crippen LogP contribution in [0.25, 0.3) is 0 Å². The van der Waals surface area contributed by atoms with E-state index in [0.717, 1.165) is 55.6 Å². The Morgan fingerprint density at radius 3 is 0.790 bits per heavy atom. The summed E-state index contributed by atoms with van der Waals surface area (Å²) >= 11 is 0. The van der Waals surface area contributed by atoms with Gasteiger partial charge in [0.2, 0.25) is 0 Å². The van der Waals surface area contributed by atoms with Gasteiger partial charge < -0.3 is 0 Å². The minimum atomic E-state index is -1.78. The average Bonchev–Trinajstić information content (AvgIpc) is 3.25. The second-order valence-electron chi connectivity index (χ2n) is 18.2. The Kier molecular flexibility index (Phi) is 16.4. The van der Waals surface area contributed by atoms with Gasteiger partial charge in [0.1, 0.15) is 16.1 Å². The highest BCUT2D eigenvalue weighted by Gasteiger charge is 2.42. The minimum Gasteiger partial charge on any atom is -0.125 e. The summed E-state index contributed by atoms with van der Waals surface area (Å²) in [5.74, 6) is 33.7. The maximum atomic E-state index is 3.82. The van der Waals surface area contributed by atoms with E-state index in [1.807, 2.05) is 72.8 Å². The molecular formula is C60H62Si2. The van der Waals surface area contributed by atoms with Crippen LogP contribution in [0.5, 0.6) is 0 Å². The van der Waals surface area contributed by atoms with Crippen molar-refractivity contribution in [3.63, 3.8) is 0 Å². The molecule has 0 N–H and O–H groups in total. The van der Waals surface area contributed by atoms with Gasteiger partial charge in [-0.2, -0.15) is 0 Å². The van der Waals surface area contributed by atoms with E-state index in [9.17, 15) is 0 Å². The van der Waals surface area contributed by atoms with Crippen molar-refractivity contribution in [1.29, 1.82) is 0 Å². The van der Waals surface area contributed by atoms with E-state index in [4.69, 9.17) is 0 Å². The first-order valence-corrected chi connectivity index (χ1v) is 26.7. The average molecular weight is 839 g/mol. The van der Waals surface area contributed by atoms with Gasteiger partial charge >= 0.3 is 0 Å². The maximum Gasteiger partial charge on any atom is 0.146 e. The van der Waals surface area contributed by atoms with Crippen LogP contribution in [0.1, 0.15) is 139 Å². The van der Waals surface area contributed by atoms with Gasteiger partial charge in [0, 0.05) is 55.6 Å². The second-order valence-corrected chi connectivity index (χ2v) is 29.3. The van der Waals surface area contributed by atoms with Gasteiger partial charge in [-0.05, 0) is 136 Å². The first-order valence-electron chi connectivity index (χ1n) is 22.3. The Morgan fingerprint density at radius 1 is 0.258 bits per heavy atom. The Morgan fingerprint density at radius 2 is 0.500 bits per heavy atom. The molecule has 0 aliphatic heterocycles. The summed E-state index contributed by atoms with van der Waals surface area (Å²) in [6, 6.07) is 40.9. The van der Waals surface area contributed by atoms with Crippen LogP contribution in [0.15, 0.2) is 121 Å². The van der Waals surface area contributed by atoms with Crippen molar-refractivity contribution >= 4 is 16.1 Å². The zero-order valence-electron chi connectivity index (χ0n) is 39.0. The molecule has 0 atom stereocenters. The van der Waals surface area contributed by atoms with E-state index in [1.54, 1.807) is 0 Å². The Hall–Kier alpha value is -6.11. The van der Waals surface area contributed by atoms with Crippen LogP contribution in [-0.4, -0.2) is 16.1 Å². The molecule has 0 radical (unpaired) electrons. The summed E-state index contributed by atoms with van der Waals surface area (Å²) in [7, 11) is -3.54. The molecule has 2 heteroatoms. The highest BCUT2D eigenvalue weighted by molar-refractivity contribution is 6.91. The third-order valence-corrected chi connectivity index (χ3v) is 25.0. The molecule has 0 saturated carbocycles. The zero-order valence-corrected chi connectivity index (χ0v) is 41.0. The third kappa shape index (κ3) is 11.8. The summed E-state index contributed by atoms with van der Waals surface area (Å²) in [5.41, 5.74) is 20.8. The van der Waals surface area contributed by atoms with Crippen LogP contribution >= 0.6 is 0 Å². The van der Waals surface area contributed by atoms with Crippen molar-refractivity contribution in [1.82, 2.24) is 0 Å². The largest absolute Gasteiger partial charge is 0.146 e. The van der Waals surface area contributed by atoms with E-state index in [2.05, 4.69) is 202 Å². The monoisotopic (exact) mass is 838 g/mol. The lowest BCUT2D eigenvalue weighted by Crippen LogP contribution is -2.43. The molecule has 0 heterocycles. The van der Waals surface area contributed by atoms with Gasteiger partial charge in [-0.15, -0.1) is 11.1 Å². The van der Waals surface area contributed by atoms with Gasteiger partial charge in [-0.3, -0.25) is 0 Å². The van der Waals surface area contributed by atoms with E-state index >= 15 is 0 Å². The van der Waals surface area contributed by atoms with E-state index in [1.165, 1.54) is 0 Å². The predicted molar refractivity (Wildman–Crippen MR) is 272 cm³/mol. The normalized spacial score (nSPS) is 11.0. The lowest BCUT2D eigenvalue weighted by atomic mass is 10.1. The van der Waals surface area contributed by atoms with Crippen molar-refractivity contribution in [2.75, 3.05) is 0 Å². The summed E-state index contributed by atoms with van der Waals surface area (Å²) in [6.45, 7) is 28.2. The molecule has 62 heavy (non-hydrogen) atoms. The number of rotatable bonds is 6. The molecule has 5 aromatic carbocycles. The smallest absolute Gasteiger partial charge is 0.125 e. The second kappa shape index (κ2) is 21.6. The Labute approximate surface area is 377 Å². The summed E-state index contributed by atoms with van der Waals surface area (Å²) in [6.07, 6.45) is 0. The minimum absolute atomic E-state index is 0.611. The van der Waals surface area contributed by atoms with Crippen LogP contribution < -0.4 is 0 Å². The van der Waals surface area contributed by atoms with Crippen molar-refractivity contribution < 1.29 is 0 Å². The first-order chi connectivity index (χ1) is 29.6. The van der Waals surface area contributed by atoms with E-state index in [0.29, 0.717) is 33.2 Å². The van der Waals surface area contributed by atoms with Gasteiger partial charge in [-0.1, -0.05) is 160 Å². The highest BCUT2D eigenvalue weighted by atomic mass is 28.3.